The van der Waals surface area contributed by atoms with Gasteiger partial charge in [0.15, 0.2) is 0 Å². The van der Waals surface area contributed by atoms with Crippen LogP contribution in [-0.2, 0) is 9.53 Å². The van der Waals surface area contributed by atoms with Crippen LogP contribution in [0.2, 0.25) is 0 Å². The molecule has 0 N–H and O–H groups in total. The second-order valence-corrected chi connectivity index (χ2v) is 6.95. The molecule has 0 aliphatic heterocycles. The Kier molecular flexibility index (Phi) is 14.3. The number of unbranched alkanes of at least 4 members (excludes halogenated alkanes) is 9. The molecule has 3 heteroatoms. The molecule has 0 aliphatic carbocycles. The first-order valence-electron chi connectivity index (χ1n) is 7.96. The quantitative estimate of drug-likeness (QED) is 0.248. The average Bonchev–Trinajstić information content (AvgIpc) is 2.35. The molecule has 114 valence electrons. The Morgan fingerprint density at radius 3 is 1.89 bits per heavy atom. The van der Waals surface area contributed by atoms with Gasteiger partial charge in [-0.3, -0.25) is 4.79 Å². The van der Waals surface area contributed by atoms with Crippen LogP contribution in [0.1, 0.15) is 84.5 Å². The number of halogens is 1. The molecule has 1 atom stereocenters. The summed E-state index contributed by atoms with van der Waals surface area (Å²) >= 11 is 3.35. The predicted molar refractivity (Wildman–Crippen MR) is 85.8 cm³/mol. The molecule has 0 heterocycles. The van der Waals surface area contributed by atoms with Gasteiger partial charge in [0.25, 0.3) is 0 Å². The van der Waals surface area contributed by atoms with Crippen LogP contribution in [0.3, 0.4) is 0 Å². The predicted octanol–water partition coefficient (Wildman–Crippen LogP) is 5.62. The van der Waals surface area contributed by atoms with Crippen LogP contribution in [0.15, 0.2) is 0 Å². The molecular formula is C16H31BrO2. The Balaban J connectivity index is 3.08. The van der Waals surface area contributed by atoms with Gasteiger partial charge in [-0.25, -0.2) is 0 Å². The molecule has 0 aromatic heterocycles. The van der Waals surface area contributed by atoms with Crippen LogP contribution >= 0.6 is 15.9 Å². The van der Waals surface area contributed by atoms with Crippen LogP contribution in [-0.4, -0.2) is 17.4 Å². The van der Waals surface area contributed by atoms with Gasteiger partial charge in [0.2, 0.25) is 0 Å². The van der Waals surface area contributed by atoms with Crippen molar-refractivity contribution in [1.29, 1.82) is 0 Å². The molecule has 0 spiro atoms. The first kappa shape index (κ1) is 18.9. The molecule has 0 aliphatic rings. The van der Waals surface area contributed by atoms with Crippen molar-refractivity contribution >= 4 is 21.9 Å². The highest BCUT2D eigenvalue weighted by atomic mass is 79.9. The molecule has 1 unspecified atom stereocenters. The van der Waals surface area contributed by atoms with Gasteiger partial charge in [-0.1, -0.05) is 87.6 Å². The molecule has 0 amide bonds. The molecule has 19 heavy (non-hydrogen) atoms. The van der Waals surface area contributed by atoms with E-state index < -0.39 is 0 Å². The summed E-state index contributed by atoms with van der Waals surface area (Å²) in [6.07, 6.45) is 13.5. The summed E-state index contributed by atoms with van der Waals surface area (Å²) in [4.78, 5) is 11.5. The summed E-state index contributed by atoms with van der Waals surface area (Å²) in [5, 5.41) is 0. The lowest BCUT2D eigenvalue weighted by molar-refractivity contribution is -0.143. The number of hydrogen-bond donors (Lipinski definition) is 0. The van der Waals surface area contributed by atoms with E-state index in [9.17, 15) is 4.79 Å². The molecule has 0 radical (unpaired) electrons. The molecule has 0 aromatic rings. The fraction of sp³-hybridized carbons (Fsp3) is 0.938. The minimum atomic E-state index is -0.0831. The van der Waals surface area contributed by atoms with Crippen LogP contribution in [0, 0.1) is 0 Å². The highest BCUT2D eigenvalue weighted by Gasteiger charge is 2.06. The lowest BCUT2D eigenvalue weighted by Crippen LogP contribution is -2.09. The van der Waals surface area contributed by atoms with E-state index in [4.69, 9.17) is 4.74 Å². The number of alkyl halides is 1. The van der Waals surface area contributed by atoms with Gasteiger partial charge in [0.05, 0.1) is 13.0 Å². The van der Waals surface area contributed by atoms with Gasteiger partial charge in [-0.15, -0.1) is 0 Å². The topological polar surface area (TPSA) is 26.3 Å². The van der Waals surface area contributed by atoms with Gasteiger partial charge < -0.3 is 4.74 Å². The van der Waals surface area contributed by atoms with E-state index in [0.717, 1.165) is 6.42 Å². The van der Waals surface area contributed by atoms with Gasteiger partial charge in [-0.2, -0.15) is 0 Å². The van der Waals surface area contributed by atoms with Crippen molar-refractivity contribution in [3.63, 3.8) is 0 Å². The number of hydrogen-bond acceptors (Lipinski definition) is 2. The number of esters is 1. The van der Waals surface area contributed by atoms with Crippen LogP contribution < -0.4 is 0 Å². The molecule has 0 saturated heterocycles. The maximum Gasteiger partial charge on any atom is 0.306 e. The fourth-order valence-corrected chi connectivity index (χ4v) is 2.33. The SMILES string of the molecule is CCCCCCCCCCCCOC(=O)CC(C)Br. The summed E-state index contributed by atoms with van der Waals surface area (Å²) in [5.41, 5.74) is 0. The lowest BCUT2D eigenvalue weighted by Gasteiger charge is -2.06. The third kappa shape index (κ3) is 15.9. The Labute approximate surface area is 127 Å². The number of rotatable bonds is 13. The third-order valence-corrected chi connectivity index (χ3v) is 3.53. The summed E-state index contributed by atoms with van der Waals surface area (Å²) in [5.74, 6) is -0.0831. The minimum absolute atomic E-state index is 0.0831. The van der Waals surface area contributed by atoms with E-state index in [0.29, 0.717) is 13.0 Å². The van der Waals surface area contributed by atoms with Crippen LogP contribution in [0.5, 0.6) is 0 Å². The Morgan fingerprint density at radius 2 is 1.42 bits per heavy atom. The average molecular weight is 335 g/mol. The summed E-state index contributed by atoms with van der Waals surface area (Å²) in [6.45, 7) is 4.81. The minimum Gasteiger partial charge on any atom is -0.466 e. The van der Waals surface area contributed by atoms with E-state index in [1.165, 1.54) is 57.8 Å². The maximum absolute atomic E-state index is 11.3. The number of ether oxygens (including phenoxy) is 1. The van der Waals surface area contributed by atoms with Crippen molar-refractivity contribution in [3.8, 4) is 0 Å². The monoisotopic (exact) mass is 334 g/mol. The Bertz CT molecular complexity index is 205. The zero-order valence-corrected chi connectivity index (χ0v) is 14.3. The molecule has 0 aromatic carbocycles. The molecular weight excluding hydrogens is 304 g/mol. The van der Waals surface area contributed by atoms with Crippen molar-refractivity contribution in [2.45, 2.75) is 89.3 Å². The van der Waals surface area contributed by atoms with E-state index in [1.807, 2.05) is 6.92 Å². The van der Waals surface area contributed by atoms with Crippen molar-refractivity contribution in [2.75, 3.05) is 6.61 Å². The number of carbonyl (C=O) groups is 1. The van der Waals surface area contributed by atoms with E-state index >= 15 is 0 Å². The molecule has 2 nitrogen and oxygen atoms in total. The fourth-order valence-electron chi connectivity index (χ4n) is 2.06. The second kappa shape index (κ2) is 14.4. The normalized spacial score (nSPS) is 12.4. The van der Waals surface area contributed by atoms with Crippen molar-refractivity contribution in [2.24, 2.45) is 0 Å². The van der Waals surface area contributed by atoms with E-state index in [1.54, 1.807) is 0 Å². The van der Waals surface area contributed by atoms with Gasteiger partial charge in [-0.05, 0) is 6.42 Å². The lowest BCUT2D eigenvalue weighted by atomic mass is 10.1. The third-order valence-electron chi connectivity index (χ3n) is 3.21. The summed E-state index contributed by atoms with van der Waals surface area (Å²) in [6, 6.07) is 0. The van der Waals surface area contributed by atoms with Gasteiger partial charge >= 0.3 is 5.97 Å². The van der Waals surface area contributed by atoms with Crippen LogP contribution in [0.4, 0.5) is 0 Å². The Morgan fingerprint density at radius 1 is 0.947 bits per heavy atom. The molecule has 0 bridgehead atoms. The maximum atomic E-state index is 11.3. The Hall–Kier alpha value is -0.0500. The highest BCUT2D eigenvalue weighted by molar-refractivity contribution is 9.09. The first-order chi connectivity index (χ1) is 9.16. The van der Waals surface area contributed by atoms with Gasteiger partial charge in [0, 0.05) is 4.83 Å². The standard InChI is InChI=1S/C16H31BrO2/c1-3-4-5-6-7-8-9-10-11-12-13-19-16(18)14-15(2)17/h15H,3-14H2,1-2H3. The van der Waals surface area contributed by atoms with Gasteiger partial charge in [0.1, 0.15) is 0 Å². The number of carbonyl (C=O) groups excluding carboxylic acids is 1. The summed E-state index contributed by atoms with van der Waals surface area (Å²) < 4.78 is 5.16. The van der Waals surface area contributed by atoms with Crippen molar-refractivity contribution < 1.29 is 9.53 Å². The smallest absolute Gasteiger partial charge is 0.306 e. The molecule has 0 rings (SSSR count). The zero-order valence-electron chi connectivity index (χ0n) is 12.8. The van der Waals surface area contributed by atoms with E-state index in [-0.39, 0.29) is 10.8 Å². The second-order valence-electron chi connectivity index (χ2n) is 5.39. The van der Waals surface area contributed by atoms with Crippen LogP contribution in [0.25, 0.3) is 0 Å². The highest BCUT2D eigenvalue weighted by Crippen LogP contribution is 2.10. The first-order valence-corrected chi connectivity index (χ1v) is 8.88. The largest absolute Gasteiger partial charge is 0.466 e. The van der Waals surface area contributed by atoms with E-state index in [2.05, 4.69) is 22.9 Å². The zero-order chi connectivity index (χ0) is 14.3. The molecule has 0 saturated carbocycles. The molecule has 0 fully saturated rings. The van der Waals surface area contributed by atoms with Crippen molar-refractivity contribution in [1.82, 2.24) is 0 Å². The van der Waals surface area contributed by atoms with Crippen molar-refractivity contribution in [3.05, 3.63) is 0 Å². The summed E-state index contributed by atoms with van der Waals surface area (Å²) in [7, 11) is 0.